The summed E-state index contributed by atoms with van der Waals surface area (Å²) in [6.45, 7) is 6.96. The SMILES string of the molecule is CCCCC/C=C\C/C=C\C/C=C\C/C=C\CCCCCCCCCC(=O)OC(/C=C\CCCCCCCCCCCCC)C(COP(=O)(O)OCC[N+](C)(C)C)NC(=O)CCCCC/C=C\CCCCCCCC. The van der Waals surface area contributed by atoms with Gasteiger partial charge in [-0.1, -0.05) is 235 Å². The Balaban J connectivity index is 5.26. The number of likely N-dealkylation sites (N-methyl/N-ethyl adjacent to an activating group) is 1. The third-order valence-corrected chi connectivity index (χ3v) is 14.6. The molecule has 0 aromatic carbocycles. The highest BCUT2D eigenvalue weighted by Crippen LogP contribution is 2.43. The number of quaternary nitrogens is 1. The number of carbonyl (C=O) groups is 2. The van der Waals surface area contributed by atoms with E-state index in [1.54, 1.807) is 0 Å². The summed E-state index contributed by atoms with van der Waals surface area (Å²) in [4.78, 5) is 37.7. The molecule has 436 valence electrons. The minimum Gasteiger partial charge on any atom is -0.456 e. The van der Waals surface area contributed by atoms with Gasteiger partial charge in [-0.2, -0.15) is 0 Å². The third-order valence-electron chi connectivity index (χ3n) is 13.6. The van der Waals surface area contributed by atoms with Crippen LogP contribution in [0.15, 0.2) is 72.9 Å². The highest BCUT2D eigenvalue weighted by atomic mass is 31.2. The monoisotopic (exact) mass is 1070 g/mol. The van der Waals surface area contributed by atoms with Gasteiger partial charge in [0, 0.05) is 12.8 Å². The van der Waals surface area contributed by atoms with Crippen molar-refractivity contribution in [3.8, 4) is 0 Å². The van der Waals surface area contributed by atoms with E-state index in [0.29, 0.717) is 17.4 Å². The minimum atomic E-state index is -4.46. The van der Waals surface area contributed by atoms with Gasteiger partial charge in [0.1, 0.15) is 19.3 Å². The molecule has 9 nitrogen and oxygen atoms in total. The summed E-state index contributed by atoms with van der Waals surface area (Å²) in [5.74, 6) is -0.534. The Morgan fingerprint density at radius 3 is 1.27 bits per heavy atom. The number of phosphoric ester groups is 1. The first-order valence-corrected chi connectivity index (χ1v) is 32.8. The fraction of sp³-hybridized carbons (Fsp3) is 0.785. The molecule has 3 unspecified atom stereocenters. The molecule has 0 aliphatic rings. The van der Waals surface area contributed by atoms with E-state index in [2.05, 4.69) is 86.8 Å². The third kappa shape index (κ3) is 56.0. The van der Waals surface area contributed by atoms with Crippen LogP contribution < -0.4 is 5.32 Å². The molecule has 0 bridgehead atoms. The van der Waals surface area contributed by atoms with Crippen molar-refractivity contribution in [1.29, 1.82) is 0 Å². The maximum atomic E-state index is 13.5. The molecule has 0 saturated heterocycles. The molecule has 0 saturated carbocycles. The van der Waals surface area contributed by atoms with Crippen molar-refractivity contribution in [3.05, 3.63) is 72.9 Å². The molecule has 2 N–H and O–H groups in total. The predicted molar refractivity (Wildman–Crippen MR) is 323 cm³/mol. The Bertz CT molecular complexity index is 1510. The Morgan fingerprint density at radius 2 is 0.813 bits per heavy atom. The summed E-state index contributed by atoms with van der Waals surface area (Å²) in [7, 11) is 1.48. The number of allylic oxidation sites excluding steroid dienone is 11. The Hall–Kier alpha value is -2.55. The number of rotatable bonds is 56. The number of nitrogens with one attached hydrogen (secondary N) is 1. The van der Waals surface area contributed by atoms with Crippen LogP contribution in [-0.2, 0) is 27.9 Å². The molecule has 3 atom stereocenters. The van der Waals surface area contributed by atoms with Crippen molar-refractivity contribution in [1.82, 2.24) is 5.32 Å². The summed E-state index contributed by atoms with van der Waals surface area (Å²) in [5, 5.41) is 3.04. The average molecular weight is 1070 g/mol. The molecule has 0 aromatic heterocycles. The van der Waals surface area contributed by atoms with Gasteiger partial charge >= 0.3 is 13.8 Å². The average Bonchev–Trinajstić information content (AvgIpc) is 3.37. The van der Waals surface area contributed by atoms with Gasteiger partial charge in [0.15, 0.2) is 0 Å². The van der Waals surface area contributed by atoms with E-state index < -0.39 is 20.0 Å². The van der Waals surface area contributed by atoms with Crippen LogP contribution in [0.3, 0.4) is 0 Å². The smallest absolute Gasteiger partial charge is 0.456 e. The van der Waals surface area contributed by atoms with Gasteiger partial charge in [-0.3, -0.25) is 18.6 Å². The molecule has 0 radical (unpaired) electrons. The number of phosphoric acid groups is 1. The van der Waals surface area contributed by atoms with Crippen LogP contribution in [0, 0.1) is 0 Å². The molecular formula is C65H120N2O7P+. The number of unbranched alkanes of at least 4 members (excludes halogenated alkanes) is 30. The van der Waals surface area contributed by atoms with E-state index >= 15 is 0 Å². The van der Waals surface area contributed by atoms with Gasteiger partial charge in [0.05, 0.1) is 33.8 Å². The van der Waals surface area contributed by atoms with Crippen molar-refractivity contribution in [2.24, 2.45) is 0 Å². The van der Waals surface area contributed by atoms with Crippen molar-refractivity contribution in [2.45, 2.75) is 290 Å². The molecule has 0 fully saturated rings. The number of hydrogen-bond donors (Lipinski definition) is 2. The molecule has 0 aromatic rings. The van der Waals surface area contributed by atoms with Crippen molar-refractivity contribution >= 4 is 19.7 Å². The summed E-state index contributed by atoms with van der Waals surface area (Å²) >= 11 is 0. The van der Waals surface area contributed by atoms with E-state index in [4.69, 9.17) is 13.8 Å². The van der Waals surface area contributed by atoms with Gasteiger partial charge in [-0.25, -0.2) is 4.57 Å². The number of carbonyl (C=O) groups excluding carboxylic acids is 2. The molecule has 75 heavy (non-hydrogen) atoms. The van der Waals surface area contributed by atoms with Crippen LogP contribution in [0.25, 0.3) is 0 Å². The van der Waals surface area contributed by atoms with Crippen LogP contribution >= 0.6 is 7.82 Å². The normalized spacial score (nSPS) is 14.2. The molecule has 0 spiro atoms. The van der Waals surface area contributed by atoms with Crippen molar-refractivity contribution in [2.75, 3.05) is 40.9 Å². The zero-order valence-corrected chi connectivity index (χ0v) is 50.7. The zero-order chi connectivity index (χ0) is 55.0. The second-order valence-corrected chi connectivity index (χ2v) is 23.7. The van der Waals surface area contributed by atoms with Crippen molar-refractivity contribution < 1.29 is 37.3 Å². The molecule has 10 heteroatoms. The zero-order valence-electron chi connectivity index (χ0n) is 49.8. The predicted octanol–water partition coefficient (Wildman–Crippen LogP) is 19.2. The fourth-order valence-electron chi connectivity index (χ4n) is 8.74. The van der Waals surface area contributed by atoms with Crippen LogP contribution in [0.1, 0.15) is 278 Å². The first-order valence-electron chi connectivity index (χ1n) is 31.3. The van der Waals surface area contributed by atoms with E-state index in [9.17, 15) is 19.0 Å². The lowest BCUT2D eigenvalue weighted by atomic mass is 10.0. The van der Waals surface area contributed by atoms with Gasteiger partial charge in [-0.15, -0.1) is 0 Å². The molecular weight excluding hydrogens is 952 g/mol. The summed E-state index contributed by atoms with van der Waals surface area (Å²) in [6, 6.07) is -0.862. The minimum absolute atomic E-state index is 0.0337. The molecule has 0 aliphatic heterocycles. The Kier molecular flexibility index (Phi) is 52.9. The second-order valence-electron chi connectivity index (χ2n) is 22.2. The Morgan fingerprint density at radius 1 is 0.467 bits per heavy atom. The summed E-state index contributed by atoms with van der Waals surface area (Å²) in [6.07, 6.45) is 70.4. The number of amides is 1. The number of hydrogen-bond acceptors (Lipinski definition) is 6. The maximum absolute atomic E-state index is 13.5. The topological polar surface area (TPSA) is 111 Å². The largest absolute Gasteiger partial charge is 0.472 e. The lowest BCUT2D eigenvalue weighted by Crippen LogP contribution is -2.47. The molecule has 0 rings (SSSR count). The second kappa shape index (κ2) is 54.8. The van der Waals surface area contributed by atoms with Crippen LogP contribution in [-0.4, -0.2) is 74.3 Å². The quantitative estimate of drug-likeness (QED) is 0.0205. The first kappa shape index (κ1) is 72.5. The number of ether oxygens (including phenoxy) is 1. The molecule has 0 aliphatic carbocycles. The molecule has 0 heterocycles. The van der Waals surface area contributed by atoms with E-state index in [-0.39, 0.29) is 31.5 Å². The maximum Gasteiger partial charge on any atom is 0.472 e. The standard InChI is InChI=1S/C65H119N2O7P/c1-7-10-13-16-19-22-25-28-29-30-31-32-33-34-35-36-37-40-43-46-49-52-55-58-65(69)74-63(56-53-50-47-44-41-38-26-23-20-17-14-11-8-2)62(61-73-75(70,71)72-60-59-67(4,5)6)66-64(68)57-54-51-48-45-42-39-27-24-21-18-15-12-9-3/h19,22,28-29,31-32,34-35,39,42,53,56,62-63H,7-18,20-21,23-27,30,33,36-38,40-41,43-52,54-55,57-61H2,1-6H3,(H-,66,68,70,71)/p+1/b22-19-,29-28-,32-31-,35-34-,42-39-,56-53-. The van der Waals surface area contributed by atoms with Gasteiger partial charge in [0.2, 0.25) is 5.91 Å². The van der Waals surface area contributed by atoms with E-state index in [1.165, 1.54) is 141 Å². The van der Waals surface area contributed by atoms with Crippen LogP contribution in [0.5, 0.6) is 0 Å². The number of nitrogens with zero attached hydrogens (tertiary/aromatic N) is 1. The van der Waals surface area contributed by atoms with E-state index in [0.717, 1.165) is 103 Å². The van der Waals surface area contributed by atoms with Crippen LogP contribution in [0.2, 0.25) is 0 Å². The lowest BCUT2D eigenvalue weighted by Gasteiger charge is -2.27. The van der Waals surface area contributed by atoms with Gasteiger partial charge < -0.3 is 19.4 Å². The Labute approximate surface area is 463 Å². The molecule has 1 amide bonds. The fourth-order valence-corrected chi connectivity index (χ4v) is 9.48. The van der Waals surface area contributed by atoms with E-state index in [1.807, 2.05) is 33.3 Å². The number of esters is 1. The highest BCUT2D eigenvalue weighted by molar-refractivity contribution is 7.47. The van der Waals surface area contributed by atoms with Gasteiger partial charge in [0.25, 0.3) is 0 Å². The van der Waals surface area contributed by atoms with Gasteiger partial charge in [-0.05, 0) is 102 Å². The first-order chi connectivity index (χ1) is 36.4. The van der Waals surface area contributed by atoms with Crippen molar-refractivity contribution in [3.63, 3.8) is 0 Å². The summed E-state index contributed by atoms with van der Waals surface area (Å²) < 4.78 is 30.7. The lowest BCUT2D eigenvalue weighted by molar-refractivity contribution is -0.870. The highest BCUT2D eigenvalue weighted by Gasteiger charge is 2.30. The van der Waals surface area contributed by atoms with Crippen LogP contribution in [0.4, 0.5) is 0 Å². The summed E-state index contributed by atoms with van der Waals surface area (Å²) in [5.41, 5.74) is 0.